The van der Waals surface area contributed by atoms with Crippen molar-refractivity contribution >= 4 is 11.8 Å². The number of carbonyl (C=O) groups is 2. The monoisotopic (exact) mass is 275 g/mol. The second kappa shape index (κ2) is 5.03. The molecular formula is C12H19F2N3O2. The van der Waals surface area contributed by atoms with E-state index in [1.807, 2.05) is 13.8 Å². The molecule has 2 unspecified atom stereocenters. The summed E-state index contributed by atoms with van der Waals surface area (Å²) in [6.07, 6.45) is 0.0273. The Hall–Kier alpha value is -1.24. The van der Waals surface area contributed by atoms with Crippen LogP contribution in [-0.4, -0.2) is 53.9 Å². The van der Waals surface area contributed by atoms with Gasteiger partial charge in [0, 0.05) is 19.0 Å². The van der Waals surface area contributed by atoms with E-state index in [9.17, 15) is 18.4 Å². The van der Waals surface area contributed by atoms with E-state index in [2.05, 4.69) is 10.6 Å². The summed E-state index contributed by atoms with van der Waals surface area (Å²) in [5.74, 6) is -3.49. The molecule has 0 spiro atoms. The van der Waals surface area contributed by atoms with Crippen molar-refractivity contribution in [3.63, 3.8) is 0 Å². The molecule has 2 saturated heterocycles. The van der Waals surface area contributed by atoms with Crippen LogP contribution >= 0.6 is 0 Å². The van der Waals surface area contributed by atoms with E-state index >= 15 is 0 Å². The fourth-order valence-electron chi connectivity index (χ4n) is 2.52. The molecule has 2 amide bonds. The van der Waals surface area contributed by atoms with Gasteiger partial charge in [0.1, 0.15) is 6.04 Å². The zero-order valence-electron chi connectivity index (χ0n) is 11.1. The van der Waals surface area contributed by atoms with E-state index in [4.69, 9.17) is 0 Å². The third kappa shape index (κ3) is 3.02. The number of hydrogen-bond donors (Lipinski definition) is 2. The topological polar surface area (TPSA) is 61.4 Å². The van der Waals surface area contributed by atoms with Crippen molar-refractivity contribution in [1.29, 1.82) is 0 Å². The lowest BCUT2D eigenvalue weighted by Crippen LogP contribution is -2.48. The van der Waals surface area contributed by atoms with Gasteiger partial charge in [0.2, 0.25) is 11.8 Å². The Morgan fingerprint density at radius 2 is 2.21 bits per heavy atom. The molecule has 0 aromatic carbocycles. The van der Waals surface area contributed by atoms with E-state index in [0.717, 1.165) is 0 Å². The Bertz CT molecular complexity index is 387. The smallest absolute Gasteiger partial charge is 0.262 e. The molecule has 2 heterocycles. The van der Waals surface area contributed by atoms with Crippen LogP contribution in [0.15, 0.2) is 0 Å². The molecule has 108 valence electrons. The first-order valence-electron chi connectivity index (χ1n) is 6.52. The number of nitrogens with zero attached hydrogens (tertiary/aromatic N) is 1. The van der Waals surface area contributed by atoms with Crippen molar-refractivity contribution in [2.45, 2.75) is 50.7 Å². The molecular weight excluding hydrogens is 256 g/mol. The molecule has 2 N–H and O–H groups in total. The summed E-state index contributed by atoms with van der Waals surface area (Å²) >= 11 is 0. The van der Waals surface area contributed by atoms with Gasteiger partial charge < -0.3 is 10.2 Å². The quantitative estimate of drug-likeness (QED) is 0.768. The number of likely N-dealkylation sites (tertiary alicyclic amines) is 1. The van der Waals surface area contributed by atoms with Gasteiger partial charge in [0.15, 0.2) is 0 Å². The zero-order valence-corrected chi connectivity index (χ0v) is 11.1. The first-order chi connectivity index (χ1) is 8.80. The van der Waals surface area contributed by atoms with Gasteiger partial charge in [0.25, 0.3) is 5.92 Å². The molecule has 2 atom stereocenters. The maximum atomic E-state index is 13.0. The van der Waals surface area contributed by atoms with Crippen LogP contribution < -0.4 is 10.6 Å². The number of nitrogens with one attached hydrogen (secondary N) is 2. The minimum atomic E-state index is -2.84. The van der Waals surface area contributed by atoms with Gasteiger partial charge in [-0.15, -0.1) is 0 Å². The SMILES string of the molecule is CC(C)N1CCC(NC(=O)C2CC(F)(F)CN2)C1=O. The number of carbonyl (C=O) groups excluding carboxylic acids is 2. The highest BCUT2D eigenvalue weighted by atomic mass is 19.3. The summed E-state index contributed by atoms with van der Waals surface area (Å²) in [7, 11) is 0. The van der Waals surface area contributed by atoms with Crippen molar-refractivity contribution in [1.82, 2.24) is 15.5 Å². The fourth-order valence-corrected chi connectivity index (χ4v) is 2.52. The van der Waals surface area contributed by atoms with Gasteiger partial charge in [0.05, 0.1) is 12.6 Å². The molecule has 2 rings (SSSR count). The van der Waals surface area contributed by atoms with Gasteiger partial charge in [-0.25, -0.2) is 8.78 Å². The predicted octanol–water partition coefficient (Wildman–Crippen LogP) is 0.109. The minimum absolute atomic E-state index is 0.0864. The van der Waals surface area contributed by atoms with Crippen molar-refractivity contribution in [3.8, 4) is 0 Å². The summed E-state index contributed by atoms with van der Waals surface area (Å²) in [5, 5.41) is 5.05. The second-order valence-corrected chi connectivity index (χ2v) is 5.47. The van der Waals surface area contributed by atoms with E-state index in [1.54, 1.807) is 4.90 Å². The largest absolute Gasteiger partial charge is 0.343 e. The molecule has 7 heteroatoms. The lowest BCUT2D eigenvalue weighted by atomic mass is 10.1. The highest BCUT2D eigenvalue weighted by Gasteiger charge is 2.43. The van der Waals surface area contributed by atoms with Crippen molar-refractivity contribution < 1.29 is 18.4 Å². The molecule has 0 radical (unpaired) electrons. The average molecular weight is 275 g/mol. The molecule has 5 nitrogen and oxygen atoms in total. The van der Waals surface area contributed by atoms with Gasteiger partial charge in [-0.2, -0.15) is 0 Å². The van der Waals surface area contributed by atoms with E-state index in [1.165, 1.54) is 0 Å². The van der Waals surface area contributed by atoms with E-state index in [-0.39, 0.29) is 11.9 Å². The molecule has 0 aromatic rings. The summed E-state index contributed by atoms with van der Waals surface area (Å²) < 4.78 is 26.0. The van der Waals surface area contributed by atoms with E-state index < -0.39 is 36.9 Å². The van der Waals surface area contributed by atoms with Crippen LogP contribution in [0.3, 0.4) is 0 Å². The number of halogens is 2. The standard InChI is InChI=1S/C12H19F2N3O2/c1-7(2)17-4-3-8(11(17)19)16-10(18)9-5-12(13,14)6-15-9/h7-9,15H,3-6H2,1-2H3,(H,16,18). The number of hydrogen-bond acceptors (Lipinski definition) is 3. The van der Waals surface area contributed by atoms with Crippen LogP contribution in [0, 0.1) is 0 Å². The predicted molar refractivity (Wildman–Crippen MR) is 64.8 cm³/mol. The average Bonchev–Trinajstić information content (AvgIpc) is 2.83. The summed E-state index contributed by atoms with van der Waals surface area (Å²) in [6.45, 7) is 3.92. The third-order valence-electron chi connectivity index (χ3n) is 3.61. The Kier molecular flexibility index (Phi) is 3.75. The lowest BCUT2D eigenvalue weighted by Gasteiger charge is -2.21. The van der Waals surface area contributed by atoms with Crippen LogP contribution in [0.4, 0.5) is 8.78 Å². The molecule has 0 saturated carbocycles. The van der Waals surface area contributed by atoms with Crippen molar-refractivity contribution in [2.75, 3.05) is 13.1 Å². The summed E-state index contributed by atoms with van der Waals surface area (Å²) in [5.41, 5.74) is 0. The van der Waals surface area contributed by atoms with Gasteiger partial charge >= 0.3 is 0 Å². The van der Waals surface area contributed by atoms with Gasteiger partial charge in [-0.1, -0.05) is 0 Å². The molecule has 2 aliphatic heterocycles. The normalized spacial score (nSPS) is 30.2. The Balaban J connectivity index is 1.89. The highest BCUT2D eigenvalue weighted by Crippen LogP contribution is 2.25. The maximum Gasteiger partial charge on any atom is 0.262 e. The first-order valence-corrected chi connectivity index (χ1v) is 6.52. The Morgan fingerprint density at radius 1 is 1.53 bits per heavy atom. The van der Waals surface area contributed by atoms with Crippen LogP contribution in [0.1, 0.15) is 26.7 Å². The zero-order chi connectivity index (χ0) is 14.2. The van der Waals surface area contributed by atoms with Gasteiger partial charge in [-0.3, -0.25) is 14.9 Å². The summed E-state index contributed by atoms with van der Waals surface area (Å²) in [6, 6.07) is -1.40. The number of amides is 2. The molecule has 2 aliphatic rings. The van der Waals surface area contributed by atoms with Crippen molar-refractivity contribution in [2.24, 2.45) is 0 Å². The van der Waals surface area contributed by atoms with Crippen LogP contribution in [0.25, 0.3) is 0 Å². The Labute approximate surface area is 110 Å². The van der Waals surface area contributed by atoms with Crippen LogP contribution in [0.5, 0.6) is 0 Å². The molecule has 0 aromatic heterocycles. The third-order valence-corrected chi connectivity index (χ3v) is 3.61. The lowest BCUT2D eigenvalue weighted by molar-refractivity contribution is -0.134. The second-order valence-electron chi connectivity index (χ2n) is 5.47. The molecule has 2 fully saturated rings. The number of rotatable bonds is 3. The van der Waals surface area contributed by atoms with Crippen LogP contribution in [0.2, 0.25) is 0 Å². The molecule has 0 aliphatic carbocycles. The summed E-state index contributed by atoms with van der Waals surface area (Å²) in [4.78, 5) is 25.5. The van der Waals surface area contributed by atoms with E-state index in [0.29, 0.717) is 13.0 Å². The van der Waals surface area contributed by atoms with Gasteiger partial charge in [-0.05, 0) is 20.3 Å². The highest BCUT2D eigenvalue weighted by molar-refractivity contribution is 5.91. The maximum absolute atomic E-state index is 13.0. The van der Waals surface area contributed by atoms with Crippen molar-refractivity contribution in [3.05, 3.63) is 0 Å². The first kappa shape index (κ1) is 14.2. The molecule has 19 heavy (non-hydrogen) atoms. The minimum Gasteiger partial charge on any atom is -0.343 e. The van der Waals surface area contributed by atoms with Crippen LogP contribution in [-0.2, 0) is 9.59 Å². The molecule has 0 bridgehead atoms. The number of alkyl halides is 2. The Morgan fingerprint density at radius 3 is 2.68 bits per heavy atom. The fraction of sp³-hybridized carbons (Fsp3) is 0.833.